The molecule has 0 saturated heterocycles. The maximum absolute atomic E-state index is 14.8. The third-order valence-electron chi connectivity index (χ3n) is 5.78. The molecule has 10 heteroatoms. The molecule has 35 heavy (non-hydrogen) atoms. The van der Waals surface area contributed by atoms with Gasteiger partial charge in [-0.05, 0) is 63.1 Å². The summed E-state index contributed by atoms with van der Waals surface area (Å²) in [5.41, 5.74) is 5.22. The second-order valence-corrected chi connectivity index (χ2v) is 9.95. The average Bonchev–Trinajstić information content (AvgIpc) is 3.19. The number of benzene rings is 1. The van der Waals surface area contributed by atoms with Gasteiger partial charge in [-0.3, -0.25) is 4.79 Å². The van der Waals surface area contributed by atoms with E-state index in [0.29, 0.717) is 29.5 Å². The summed E-state index contributed by atoms with van der Waals surface area (Å²) < 4.78 is 29.7. The van der Waals surface area contributed by atoms with Crippen LogP contribution in [0.3, 0.4) is 0 Å². The second kappa shape index (κ2) is 10.8. The van der Waals surface area contributed by atoms with Crippen molar-refractivity contribution in [2.75, 3.05) is 5.32 Å². The number of carbonyl (C=O) groups excluding carboxylic acids is 1. The van der Waals surface area contributed by atoms with Gasteiger partial charge in [-0.1, -0.05) is 13.0 Å². The number of hydrogen-bond acceptors (Lipinski definition) is 7. The van der Waals surface area contributed by atoms with Crippen LogP contribution in [-0.4, -0.2) is 32.7 Å². The van der Waals surface area contributed by atoms with E-state index in [9.17, 15) is 23.8 Å². The first-order chi connectivity index (χ1) is 16.4. The van der Waals surface area contributed by atoms with Crippen molar-refractivity contribution >= 4 is 28.1 Å². The van der Waals surface area contributed by atoms with Crippen molar-refractivity contribution in [2.45, 2.75) is 58.4 Å². The number of nitrogens with zero attached hydrogens (tertiary/aromatic N) is 1. The highest BCUT2D eigenvalue weighted by atomic mass is 32.1. The lowest BCUT2D eigenvalue weighted by molar-refractivity contribution is 0.0436. The van der Waals surface area contributed by atoms with E-state index in [0.717, 1.165) is 23.5 Å². The second-order valence-electron chi connectivity index (χ2n) is 8.90. The molecule has 0 spiro atoms. The minimum atomic E-state index is -0.978. The van der Waals surface area contributed by atoms with E-state index >= 15 is 0 Å². The van der Waals surface area contributed by atoms with Gasteiger partial charge in [-0.25, -0.2) is 13.8 Å². The van der Waals surface area contributed by atoms with Crippen LogP contribution in [0.2, 0.25) is 0 Å². The quantitative estimate of drug-likeness (QED) is 0.275. The highest BCUT2D eigenvalue weighted by Crippen LogP contribution is 2.40. The largest absolute Gasteiger partial charge is 0.389 e. The number of primary amides is 1. The van der Waals surface area contributed by atoms with Crippen molar-refractivity contribution < 1.29 is 23.8 Å². The Labute approximate surface area is 207 Å². The smallest absolute Gasteiger partial charge is 0.251 e. The number of thiophene rings is 1. The van der Waals surface area contributed by atoms with Crippen LogP contribution in [0, 0.1) is 11.6 Å². The van der Waals surface area contributed by atoms with Gasteiger partial charge in [0.25, 0.3) is 5.91 Å². The zero-order chi connectivity index (χ0) is 25.9. The molecular weight excluding hydrogens is 474 g/mol. The Hall–Kier alpha value is -2.92. The maximum Gasteiger partial charge on any atom is 0.251 e. The molecular formula is C25H30F2N4O3S. The third kappa shape index (κ3) is 6.40. The van der Waals surface area contributed by atoms with Gasteiger partial charge in [0.1, 0.15) is 22.5 Å². The minimum Gasteiger partial charge on any atom is -0.389 e. The number of rotatable bonds is 10. The zero-order valence-electron chi connectivity index (χ0n) is 20.0. The van der Waals surface area contributed by atoms with Crippen molar-refractivity contribution in [1.82, 2.24) is 10.3 Å². The number of amides is 1. The summed E-state index contributed by atoms with van der Waals surface area (Å²) >= 11 is 0.968. The summed E-state index contributed by atoms with van der Waals surface area (Å²) in [4.78, 5) is 16.7. The number of carbonyl (C=O) groups is 1. The van der Waals surface area contributed by atoms with Gasteiger partial charge < -0.3 is 26.6 Å². The molecule has 0 saturated carbocycles. The van der Waals surface area contributed by atoms with Crippen molar-refractivity contribution in [3.05, 3.63) is 64.9 Å². The van der Waals surface area contributed by atoms with Gasteiger partial charge in [-0.15, -0.1) is 11.3 Å². The molecule has 0 aliphatic carbocycles. The van der Waals surface area contributed by atoms with E-state index in [1.165, 1.54) is 6.07 Å². The van der Waals surface area contributed by atoms with Gasteiger partial charge >= 0.3 is 0 Å². The predicted molar refractivity (Wildman–Crippen MR) is 134 cm³/mol. The Morgan fingerprint density at radius 2 is 1.89 bits per heavy atom. The number of nitrogens with one attached hydrogen (secondary N) is 2. The number of hydrogen-bond donors (Lipinski definition) is 5. The summed E-state index contributed by atoms with van der Waals surface area (Å²) in [5.74, 6) is -2.03. The van der Waals surface area contributed by atoms with Crippen molar-refractivity contribution in [3.8, 4) is 10.4 Å². The molecule has 6 N–H and O–H groups in total. The summed E-state index contributed by atoms with van der Waals surface area (Å²) in [6.07, 6.45) is -0.663. The fraction of sp³-hybridized carbons (Fsp3) is 0.360. The summed E-state index contributed by atoms with van der Waals surface area (Å²) in [5, 5.41) is 26.5. The number of aliphatic hydroxyl groups excluding tert-OH is 1. The molecule has 0 fully saturated rings. The molecule has 3 rings (SSSR count). The van der Waals surface area contributed by atoms with Gasteiger partial charge in [0.05, 0.1) is 28.5 Å². The standard InChI is InChI=1S/C25H30F2N4O3S/c1-5-19(32)14-9-17(26)22(18(27)10-14)20-11-16(23(28)33)24(35-20)31-21-8-6-7-15(30-21)12-29-13(2)25(3,4)34/h6-11,13,19,29,32,34H,5,12H2,1-4H3,(H2,28,33)(H,30,31). The van der Waals surface area contributed by atoms with E-state index in [2.05, 4.69) is 15.6 Å². The number of aliphatic hydroxyl groups is 2. The molecule has 0 bridgehead atoms. The molecule has 2 atom stereocenters. The minimum absolute atomic E-state index is 0.0717. The Kier molecular flexibility index (Phi) is 8.22. The molecule has 1 amide bonds. The number of anilines is 2. The number of pyridine rings is 1. The van der Waals surface area contributed by atoms with Gasteiger partial charge in [-0.2, -0.15) is 0 Å². The van der Waals surface area contributed by atoms with Crippen LogP contribution >= 0.6 is 11.3 Å². The number of nitrogens with two attached hydrogens (primary N) is 1. The first-order valence-electron chi connectivity index (χ1n) is 11.2. The van der Waals surface area contributed by atoms with E-state index in [1.54, 1.807) is 39.0 Å². The fourth-order valence-electron chi connectivity index (χ4n) is 3.32. The van der Waals surface area contributed by atoms with Gasteiger partial charge in [0, 0.05) is 17.5 Å². The van der Waals surface area contributed by atoms with E-state index in [4.69, 9.17) is 5.73 Å². The molecule has 188 valence electrons. The maximum atomic E-state index is 14.8. The lowest BCUT2D eigenvalue weighted by Crippen LogP contribution is -2.44. The predicted octanol–water partition coefficient (Wildman–Crippen LogP) is 4.62. The van der Waals surface area contributed by atoms with Crippen molar-refractivity contribution in [3.63, 3.8) is 0 Å². The van der Waals surface area contributed by atoms with Crippen LogP contribution in [0.15, 0.2) is 36.4 Å². The van der Waals surface area contributed by atoms with Crippen LogP contribution < -0.4 is 16.4 Å². The molecule has 2 unspecified atom stereocenters. The summed E-state index contributed by atoms with van der Waals surface area (Å²) in [7, 11) is 0. The Balaban J connectivity index is 1.89. The lowest BCUT2D eigenvalue weighted by Gasteiger charge is -2.26. The van der Waals surface area contributed by atoms with E-state index in [-0.39, 0.29) is 27.6 Å². The molecule has 0 radical (unpaired) electrons. The Bertz CT molecular complexity index is 1190. The van der Waals surface area contributed by atoms with Gasteiger partial charge in [0.2, 0.25) is 0 Å². The topological polar surface area (TPSA) is 120 Å². The van der Waals surface area contributed by atoms with Crippen molar-refractivity contribution in [1.29, 1.82) is 0 Å². The molecule has 2 heterocycles. The Morgan fingerprint density at radius 3 is 2.46 bits per heavy atom. The third-order valence-corrected chi connectivity index (χ3v) is 6.85. The summed E-state index contributed by atoms with van der Waals surface area (Å²) in [6.45, 7) is 7.38. The molecule has 1 aromatic carbocycles. The zero-order valence-corrected chi connectivity index (χ0v) is 20.8. The highest BCUT2D eigenvalue weighted by Gasteiger charge is 2.23. The molecule has 0 aliphatic heterocycles. The van der Waals surface area contributed by atoms with Crippen LogP contribution in [0.1, 0.15) is 61.8 Å². The van der Waals surface area contributed by atoms with Crippen molar-refractivity contribution in [2.24, 2.45) is 5.73 Å². The monoisotopic (exact) mass is 504 g/mol. The Morgan fingerprint density at radius 1 is 1.23 bits per heavy atom. The normalized spacial score (nSPS) is 13.5. The lowest BCUT2D eigenvalue weighted by atomic mass is 10.0. The molecule has 3 aromatic rings. The number of aromatic nitrogens is 1. The fourth-order valence-corrected chi connectivity index (χ4v) is 4.44. The first-order valence-corrected chi connectivity index (χ1v) is 12.0. The van der Waals surface area contributed by atoms with E-state index in [1.807, 2.05) is 6.92 Å². The molecule has 0 aliphatic rings. The van der Waals surface area contributed by atoms with Gasteiger partial charge in [0.15, 0.2) is 0 Å². The molecule has 7 nitrogen and oxygen atoms in total. The van der Waals surface area contributed by atoms with E-state index < -0.39 is 29.2 Å². The number of halogens is 2. The van der Waals surface area contributed by atoms with Crippen LogP contribution in [-0.2, 0) is 6.54 Å². The van der Waals surface area contributed by atoms with Crippen LogP contribution in [0.5, 0.6) is 0 Å². The van der Waals surface area contributed by atoms with Crippen LogP contribution in [0.4, 0.5) is 19.6 Å². The molecule has 2 aromatic heterocycles. The highest BCUT2D eigenvalue weighted by molar-refractivity contribution is 7.20. The first kappa shape index (κ1) is 26.7. The average molecular weight is 505 g/mol. The van der Waals surface area contributed by atoms with Crippen LogP contribution in [0.25, 0.3) is 10.4 Å². The SMILES string of the molecule is CCC(O)c1cc(F)c(-c2cc(C(N)=O)c(Nc3cccc(CNC(C)C(C)(C)O)n3)s2)c(F)c1. The summed E-state index contributed by atoms with van der Waals surface area (Å²) in [6, 6.07) is 8.61.